The standard InChI is InChI=1S/C21H20N2O3S/c1-26-21-5-3-15(10-17(21)12-22)16-2-4-20-18(11-16)19(13-23-20)14-6-8-27(24,25)9-7-14/h2-5,10-11,13-14,23H,6-9H2,1H3. The van der Waals surface area contributed by atoms with Crippen molar-refractivity contribution in [1.29, 1.82) is 5.26 Å². The number of rotatable bonds is 3. The van der Waals surface area contributed by atoms with Crippen LogP contribution in [0.15, 0.2) is 42.6 Å². The van der Waals surface area contributed by atoms with Crippen LogP contribution in [0.4, 0.5) is 0 Å². The molecule has 0 amide bonds. The first-order valence-corrected chi connectivity index (χ1v) is 10.7. The molecule has 1 aromatic heterocycles. The molecule has 0 atom stereocenters. The second-order valence-corrected chi connectivity index (χ2v) is 9.26. The zero-order valence-corrected chi connectivity index (χ0v) is 15.8. The number of sulfone groups is 1. The Hall–Kier alpha value is -2.78. The number of hydrogen-bond acceptors (Lipinski definition) is 4. The molecule has 0 aliphatic carbocycles. The third-order valence-electron chi connectivity index (χ3n) is 5.36. The van der Waals surface area contributed by atoms with E-state index in [1.807, 2.05) is 36.5 Å². The minimum absolute atomic E-state index is 0.253. The van der Waals surface area contributed by atoms with Crippen molar-refractivity contribution in [2.75, 3.05) is 18.6 Å². The summed E-state index contributed by atoms with van der Waals surface area (Å²) in [6.45, 7) is 0. The maximum absolute atomic E-state index is 11.7. The van der Waals surface area contributed by atoms with Gasteiger partial charge in [0.1, 0.15) is 21.7 Å². The molecule has 27 heavy (non-hydrogen) atoms. The third kappa shape index (κ3) is 3.31. The Balaban J connectivity index is 1.74. The number of H-pyrrole nitrogens is 1. The summed E-state index contributed by atoms with van der Waals surface area (Å²) in [5.41, 5.74) is 4.69. The number of nitriles is 1. The number of fused-ring (bicyclic) bond motifs is 1. The van der Waals surface area contributed by atoms with E-state index in [-0.39, 0.29) is 17.4 Å². The number of benzene rings is 2. The van der Waals surface area contributed by atoms with Crippen molar-refractivity contribution in [3.05, 3.63) is 53.7 Å². The molecule has 1 aliphatic rings. The first-order valence-electron chi connectivity index (χ1n) is 8.91. The van der Waals surface area contributed by atoms with Crippen LogP contribution in [-0.4, -0.2) is 32.0 Å². The molecular formula is C21H20N2O3S. The Bertz CT molecular complexity index is 1140. The first-order chi connectivity index (χ1) is 13.0. The summed E-state index contributed by atoms with van der Waals surface area (Å²) in [7, 11) is -1.32. The van der Waals surface area contributed by atoms with E-state index in [1.165, 1.54) is 5.56 Å². The van der Waals surface area contributed by atoms with Crippen molar-refractivity contribution < 1.29 is 13.2 Å². The van der Waals surface area contributed by atoms with Crippen LogP contribution in [0.2, 0.25) is 0 Å². The quantitative estimate of drug-likeness (QED) is 0.744. The molecular weight excluding hydrogens is 360 g/mol. The fraction of sp³-hybridized carbons (Fsp3) is 0.286. The molecule has 0 saturated carbocycles. The second kappa shape index (κ2) is 6.75. The zero-order valence-electron chi connectivity index (χ0n) is 15.0. The lowest BCUT2D eigenvalue weighted by atomic mass is 9.92. The number of methoxy groups -OCH3 is 1. The van der Waals surface area contributed by atoms with Crippen molar-refractivity contribution in [2.24, 2.45) is 0 Å². The first kappa shape index (κ1) is 17.6. The van der Waals surface area contributed by atoms with Crippen molar-refractivity contribution >= 4 is 20.7 Å². The Morgan fingerprint density at radius 3 is 2.52 bits per heavy atom. The van der Waals surface area contributed by atoms with Gasteiger partial charge < -0.3 is 9.72 Å². The Labute approximate surface area is 158 Å². The molecule has 2 heterocycles. The number of aromatic nitrogens is 1. The van der Waals surface area contributed by atoms with Gasteiger partial charge in [0.2, 0.25) is 0 Å². The van der Waals surface area contributed by atoms with Crippen molar-refractivity contribution in [3.8, 4) is 22.9 Å². The SMILES string of the molecule is COc1ccc(-c2ccc3[nH]cc(C4CCS(=O)(=O)CC4)c3c2)cc1C#N. The zero-order chi connectivity index (χ0) is 19.0. The molecule has 0 radical (unpaired) electrons. The van der Waals surface area contributed by atoms with Crippen LogP contribution in [-0.2, 0) is 9.84 Å². The molecule has 1 aliphatic heterocycles. The highest BCUT2D eigenvalue weighted by atomic mass is 32.2. The monoisotopic (exact) mass is 380 g/mol. The fourth-order valence-electron chi connectivity index (χ4n) is 3.84. The fourth-order valence-corrected chi connectivity index (χ4v) is 5.33. The van der Waals surface area contributed by atoms with Gasteiger partial charge in [0.05, 0.1) is 24.2 Å². The maximum Gasteiger partial charge on any atom is 0.150 e. The van der Waals surface area contributed by atoms with E-state index in [4.69, 9.17) is 4.74 Å². The van der Waals surface area contributed by atoms with Gasteiger partial charge in [0, 0.05) is 17.1 Å². The van der Waals surface area contributed by atoms with Gasteiger partial charge in [-0.3, -0.25) is 0 Å². The highest BCUT2D eigenvalue weighted by Gasteiger charge is 2.26. The maximum atomic E-state index is 11.7. The normalized spacial score (nSPS) is 16.9. The largest absolute Gasteiger partial charge is 0.495 e. The van der Waals surface area contributed by atoms with Crippen LogP contribution in [0.1, 0.15) is 29.9 Å². The van der Waals surface area contributed by atoms with Crippen LogP contribution >= 0.6 is 0 Å². The van der Waals surface area contributed by atoms with E-state index in [0.29, 0.717) is 24.2 Å². The highest BCUT2D eigenvalue weighted by molar-refractivity contribution is 7.91. The highest BCUT2D eigenvalue weighted by Crippen LogP contribution is 2.36. The summed E-state index contributed by atoms with van der Waals surface area (Å²) in [5, 5.41) is 10.4. The lowest BCUT2D eigenvalue weighted by Crippen LogP contribution is -2.21. The predicted octanol–water partition coefficient (Wildman–Crippen LogP) is 4.01. The lowest BCUT2D eigenvalue weighted by molar-refractivity contribution is 0.413. The second-order valence-electron chi connectivity index (χ2n) is 6.96. The number of ether oxygens (including phenoxy) is 1. The predicted molar refractivity (Wildman–Crippen MR) is 106 cm³/mol. The van der Waals surface area contributed by atoms with Gasteiger partial charge in [-0.1, -0.05) is 12.1 Å². The molecule has 138 valence electrons. The van der Waals surface area contributed by atoms with Gasteiger partial charge in [-0.2, -0.15) is 5.26 Å². The topological polar surface area (TPSA) is 83.0 Å². The van der Waals surface area contributed by atoms with E-state index in [0.717, 1.165) is 22.0 Å². The van der Waals surface area contributed by atoms with Gasteiger partial charge in [0.15, 0.2) is 0 Å². The number of nitrogens with zero attached hydrogens (tertiary/aromatic N) is 1. The molecule has 2 aromatic carbocycles. The molecule has 0 bridgehead atoms. The van der Waals surface area contributed by atoms with Crippen molar-refractivity contribution in [3.63, 3.8) is 0 Å². The summed E-state index contributed by atoms with van der Waals surface area (Å²) < 4.78 is 28.7. The van der Waals surface area contributed by atoms with E-state index in [9.17, 15) is 13.7 Å². The Morgan fingerprint density at radius 2 is 1.81 bits per heavy atom. The number of nitrogens with one attached hydrogen (secondary N) is 1. The van der Waals surface area contributed by atoms with Gasteiger partial charge in [-0.05, 0) is 59.7 Å². The Morgan fingerprint density at radius 1 is 1.11 bits per heavy atom. The smallest absolute Gasteiger partial charge is 0.150 e. The van der Waals surface area contributed by atoms with Crippen LogP contribution < -0.4 is 4.74 Å². The number of aromatic amines is 1. The summed E-state index contributed by atoms with van der Waals surface area (Å²) >= 11 is 0. The molecule has 0 spiro atoms. The average molecular weight is 380 g/mol. The Kier molecular flexibility index (Phi) is 4.40. The van der Waals surface area contributed by atoms with Gasteiger partial charge in [-0.25, -0.2) is 8.42 Å². The number of hydrogen-bond donors (Lipinski definition) is 1. The van der Waals surface area contributed by atoms with Crippen LogP contribution in [0.25, 0.3) is 22.0 Å². The van der Waals surface area contributed by atoms with Crippen LogP contribution in [0.3, 0.4) is 0 Å². The molecule has 0 unspecified atom stereocenters. The van der Waals surface area contributed by atoms with Crippen molar-refractivity contribution in [2.45, 2.75) is 18.8 Å². The molecule has 6 heteroatoms. The molecule has 5 nitrogen and oxygen atoms in total. The van der Waals surface area contributed by atoms with Gasteiger partial charge in [0.25, 0.3) is 0 Å². The molecule has 1 N–H and O–H groups in total. The minimum Gasteiger partial charge on any atom is -0.495 e. The van der Waals surface area contributed by atoms with Gasteiger partial charge in [-0.15, -0.1) is 0 Å². The van der Waals surface area contributed by atoms with Gasteiger partial charge >= 0.3 is 0 Å². The van der Waals surface area contributed by atoms with Crippen molar-refractivity contribution in [1.82, 2.24) is 4.98 Å². The van der Waals surface area contributed by atoms with E-state index >= 15 is 0 Å². The molecule has 4 rings (SSSR count). The van der Waals surface area contributed by atoms with Crippen LogP contribution in [0, 0.1) is 11.3 Å². The van der Waals surface area contributed by atoms with Crippen LogP contribution in [0.5, 0.6) is 5.75 Å². The third-order valence-corrected chi connectivity index (χ3v) is 7.08. The average Bonchev–Trinajstić information content (AvgIpc) is 3.10. The lowest BCUT2D eigenvalue weighted by Gasteiger charge is -2.21. The summed E-state index contributed by atoms with van der Waals surface area (Å²) in [4.78, 5) is 3.30. The molecule has 1 fully saturated rings. The minimum atomic E-state index is -2.88. The molecule has 3 aromatic rings. The summed E-state index contributed by atoms with van der Waals surface area (Å²) in [6, 6.07) is 13.9. The summed E-state index contributed by atoms with van der Waals surface area (Å²) in [6.07, 6.45) is 3.34. The molecule has 1 saturated heterocycles. The van der Waals surface area contributed by atoms with E-state index < -0.39 is 9.84 Å². The summed E-state index contributed by atoms with van der Waals surface area (Å²) in [5.74, 6) is 1.33. The van der Waals surface area contributed by atoms with E-state index in [1.54, 1.807) is 7.11 Å². The van der Waals surface area contributed by atoms with E-state index in [2.05, 4.69) is 17.1 Å².